The second-order valence-corrected chi connectivity index (χ2v) is 5.84. The number of benzene rings is 2. The number of halogens is 1. The molecule has 0 aliphatic heterocycles. The highest BCUT2D eigenvalue weighted by Crippen LogP contribution is 2.20. The van der Waals surface area contributed by atoms with Crippen molar-refractivity contribution in [2.24, 2.45) is 0 Å². The Morgan fingerprint density at radius 3 is 2.65 bits per heavy atom. The number of methoxy groups -OCH3 is 1. The molecular formula is C18H15BrN2O2. The molecular weight excluding hydrogens is 356 g/mol. The number of ether oxygens (including phenoxy) is 1. The van der Waals surface area contributed by atoms with E-state index < -0.39 is 0 Å². The summed E-state index contributed by atoms with van der Waals surface area (Å²) in [6, 6.07) is 15.8. The van der Waals surface area contributed by atoms with Crippen molar-refractivity contribution >= 4 is 28.1 Å². The molecule has 0 aliphatic carbocycles. The lowest BCUT2D eigenvalue weighted by Crippen LogP contribution is -1.95. The van der Waals surface area contributed by atoms with Gasteiger partial charge in [-0.2, -0.15) is 4.98 Å². The molecule has 0 spiro atoms. The number of aromatic nitrogens is 2. The van der Waals surface area contributed by atoms with Crippen LogP contribution in [0, 0.1) is 0 Å². The van der Waals surface area contributed by atoms with Crippen molar-refractivity contribution in [3.8, 4) is 5.75 Å². The van der Waals surface area contributed by atoms with E-state index in [0.717, 1.165) is 21.3 Å². The number of rotatable bonds is 5. The van der Waals surface area contributed by atoms with Gasteiger partial charge in [-0.15, -0.1) is 0 Å². The first-order chi connectivity index (χ1) is 11.2. The van der Waals surface area contributed by atoms with Crippen molar-refractivity contribution in [1.29, 1.82) is 0 Å². The van der Waals surface area contributed by atoms with E-state index in [1.165, 1.54) is 0 Å². The lowest BCUT2D eigenvalue weighted by molar-refractivity contribution is 0.401. The van der Waals surface area contributed by atoms with Gasteiger partial charge in [0.2, 0.25) is 0 Å². The van der Waals surface area contributed by atoms with Crippen LogP contribution >= 0.6 is 15.9 Å². The highest BCUT2D eigenvalue weighted by Gasteiger charge is 2.08. The van der Waals surface area contributed by atoms with E-state index >= 15 is 0 Å². The summed E-state index contributed by atoms with van der Waals surface area (Å²) in [4.78, 5) is 4.38. The first-order valence-electron chi connectivity index (χ1n) is 7.13. The van der Waals surface area contributed by atoms with Gasteiger partial charge >= 0.3 is 0 Å². The molecule has 4 nitrogen and oxygen atoms in total. The third-order valence-corrected chi connectivity index (χ3v) is 3.84. The lowest BCUT2D eigenvalue weighted by atomic mass is 10.1. The highest BCUT2D eigenvalue weighted by molar-refractivity contribution is 9.10. The maximum absolute atomic E-state index is 5.34. The zero-order valence-corrected chi connectivity index (χ0v) is 14.2. The maximum Gasteiger partial charge on any atom is 0.250 e. The van der Waals surface area contributed by atoms with Crippen LogP contribution in [0.25, 0.3) is 12.2 Å². The molecule has 3 aromatic rings. The maximum atomic E-state index is 5.34. The van der Waals surface area contributed by atoms with E-state index in [-0.39, 0.29) is 0 Å². The van der Waals surface area contributed by atoms with Crippen LogP contribution in [0.4, 0.5) is 0 Å². The van der Waals surface area contributed by atoms with Crippen molar-refractivity contribution in [3.05, 3.63) is 75.8 Å². The number of hydrogen-bond donors (Lipinski definition) is 0. The summed E-state index contributed by atoms with van der Waals surface area (Å²) in [6.45, 7) is 0. The van der Waals surface area contributed by atoms with Gasteiger partial charge in [0.25, 0.3) is 5.89 Å². The van der Waals surface area contributed by atoms with Gasteiger partial charge in [-0.25, -0.2) is 0 Å². The van der Waals surface area contributed by atoms with E-state index in [2.05, 4.69) is 26.1 Å². The Balaban J connectivity index is 1.71. The summed E-state index contributed by atoms with van der Waals surface area (Å²) in [7, 11) is 1.65. The van der Waals surface area contributed by atoms with Crippen LogP contribution in [0.3, 0.4) is 0 Å². The van der Waals surface area contributed by atoms with Crippen molar-refractivity contribution in [2.75, 3.05) is 7.11 Å². The summed E-state index contributed by atoms with van der Waals surface area (Å²) in [5, 5.41) is 4.01. The monoisotopic (exact) mass is 370 g/mol. The summed E-state index contributed by atoms with van der Waals surface area (Å²) >= 11 is 3.41. The molecule has 2 aromatic carbocycles. The van der Waals surface area contributed by atoms with E-state index in [9.17, 15) is 0 Å². The molecule has 0 unspecified atom stereocenters. The van der Waals surface area contributed by atoms with E-state index in [1.807, 2.05) is 60.7 Å². The Kier molecular flexibility index (Phi) is 4.88. The zero-order chi connectivity index (χ0) is 16.1. The van der Waals surface area contributed by atoms with Crippen LogP contribution in [0.2, 0.25) is 0 Å². The lowest BCUT2D eigenvalue weighted by Gasteiger charge is -2.04. The summed E-state index contributed by atoms with van der Waals surface area (Å²) in [5.41, 5.74) is 2.09. The molecule has 0 N–H and O–H groups in total. The first-order valence-corrected chi connectivity index (χ1v) is 7.92. The minimum Gasteiger partial charge on any atom is -0.496 e. The fourth-order valence-corrected chi connectivity index (χ4v) is 2.43. The van der Waals surface area contributed by atoms with Gasteiger partial charge in [0.1, 0.15) is 5.75 Å². The molecule has 23 heavy (non-hydrogen) atoms. The number of para-hydroxylation sites is 1. The van der Waals surface area contributed by atoms with Gasteiger partial charge in [-0.1, -0.05) is 51.4 Å². The quantitative estimate of drug-likeness (QED) is 0.658. The average Bonchev–Trinajstić information content (AvgIpc) is 3.02. The van der Waals surface area contributed by atoms with Crippen LogP contribution in [0.1, 0.15) is 22.8 Å². The van der Waals surface area contributed by atoms with Crippen molar-refractivity contribution in [2.45, 2.75) is 6.42 Å². The molecule has 3 rings (SSSR count). The van der Waals surface area contributed by atoms with Gasteiger partial charge in [0, 0.05) is 22.5 Å². The Morgan fingerprint density at radius 2 is 1.87 bits per heavy atom. The Labute approximate surface area is 142 Å². The SMILES string of the molecule is COc1ccccc1Cc1noc(C=Cc2ccc(Br)cc2)n1. The second kappa shape index (κ2) is 7.24. The molecule has 1 aromatic heterocycles. The van der Waals surface area contributed by atoms with E-state index in [0.29, 0.717) is 18.1 Å². The van der Waals surface area contributed by atoms with Gasteiger partial charge in [-0.05, 0) is 29.8 Å². The summed E-state index contributed by atoms with van der Waals surface area (Å²) < 4.78 is 11.6. The van der Waals surface area contributed by atoms with E-state index in [1.54, 1.807) is 7.11 Å². The molecule has 0 radical (unpaired) electrons. The molecule has 0 aliphatic rings. The molecule has 0 fully saturated rings. The van der Waals surface area contributed by atoms with Crippen molar-refractivity contribution in [3.63, 3.8) is 0 Å². The standard InChI is InChI=1S/C18H15BrN2O2/c1-22-16-5-3-2-4-14(16)12-17-20-18(23-21-17)11-8-13-6-9-15(19)10-7-13/h2-11H,12H2,1H3. The van der Waals surface area contributed by atoms with Gasteiger partial charge < -0.3 is 9.26 Å². The molecule has 0 atom stereocenters. The number of nitrogens with zero attached hydrogens (tertiary/aromatic N) is 2. The van der Waals surface area contributed by atoms with Crippen LogP contribution in [0.15, 0.2) is 57.5 Å². The smallest absolute Gasteiger partial charge is 0.250 e. The molecule has 0 saturated carbocycles. The predicted molar refractivity (Wildman–Crippen MR) is 93.2 cm³/mol. The van der Waals surface area contributed by atoms with Crippen LogP contribution in [-0.2, 0) is 6.42 Å². The topological polar surface area (TPSA) is 48.2 Å². The molecule has 1 heterocycles. The highest BCUT2D eigenvalue weighted by atomic mass is 79.9. The largest absolute Gasteiger partial charge is 0.496 e. The Hall–Kier alpha value is -2.40. The minimum absolute atomic E-state index is 0.484. The third-order valence-electron chi connectivity index (χ3n) is 3.31. The molecule has 0 bridgehead atoms. The molecule has 116 valence electrons. The van der Waals surface area contributed by atoms with Gasteiger partial charge in [-0.3, -0.25) is 0 Å². The first kappa shape index (κ1) is 15.5. The minimum atomic E-state index is 0.484. The van der Waals surface area contributed by atoms with E-state index in [4.69, 9.17) is 9.26 Å². The number of hydrogen-bond acceptors (Lipinski definition) is 4. The fourth-order valence-electron chi connectivity index (χ4n) is 2.17. The van der Waals surface area contributed by atoms with Crippen molar-refractivity contribution < 1.29 is 9.26 Å². The van der Waals surface area contributed by atoms with Crippen molar-refractivity contribution in [1.82, 2.24) is 10.1 Å². The fraction of sp³-hybridized carbons (Fsp3) is 0.111. The molecule has 5 heteroatoms. The normalized spacial score (nSPS) is 11.0. The van der Waals surface area contributed by atoms with Gasteiger partial charge in [0.05, 0.1) is 7.11 Å². The average molecular weight is 371 g/mol. The zero-order valence-electron chi connectivity index (χ0n) is 12.6. The summed E-state index contributed by atoms with van der Waals surface area (Å²) in [6.07, 6.45) is 4.31. The molecule has 0 amide bonds. The molecule has 0 saturated heterocycles. The Morgan fingerprint density at radius 1 is 1.09 bits per heavy atom. The predicted octanol–water partition coefficient (Wildman–Crippen LogP) is 4.60. The third kappa shape index (κ3) is 4.07. The summed E-state index contributed by atoms with van der Waals surface area (Å²) in [5.74, 6) is 1.94. The van der Waals surface area contributed by atoms with Crippen LogP contribution in [0.5, 0.6) is 5.75 Å². The van der Waals surface area contributed by atoms with Crippen LogP contribution in [-0.4, -0.2) is 17.3 Å². The van der Waals surface area contributed by atoms with Gasteiger partial charge in [0.15, 0.2) is 5.82 Å². The Bertz CT molecular complexity index is 810. The van der Waals surface area contributed by atoms with Crippen LogP contribution < -0.4 is 4.74 Å². The second-order valence-electron chi connectivity index (χ2n) is 4.92.